The van der Waals surface area contributed by atoms with Gasteiger partial charge in [0.2, 0.25) is 5.91 Å². The number of hydrogen-bond donors (Lipinski definition) is 3. The predicted molar refractivity (Wildman–Crippen MR) is 216 cm³/mol. The quantitative estimate of drug-likeness (QED) is 0.0332. The largest absolute Gasteiger partial charge is 0.387 e. The van der Waals surface area contributed by atoms with Crippen molar-refractivity contribution in [1.82, 2.24) is 5.32 Å². The van der Waals surface area contributed by atoms with Crippen molar-refractivity contribution in [2.45, 2.75) is 238 Å². The second kappa shape index (κ2) is 37.6. The van der Waals surface area contributed by atoms with E-state index in [9.17, 15) is 22.9 Å². The summed E-state index contributed by atoms with van der Waals surface area (Å²) in [6.07, 6.45) is 47.4. The Bertz CT molecular complexity index is 888. The van der Waals surface area contributed by atoms with E-state index >= 15 is 0 Å². The summed E-state index contributed by atoms with van der Waals surface area (Å²) >= 11 is 0. The van der Waals surface area contributed by atoms with Crippen LogP contribution in [0.3, 0.4) is 0 Å². The van der Waals surface area contributed by atoms with Crippen molar-refractivity contribution in [3.8, 4) is 0 Å². The molecule has 0 heterocycles. The number of unbranched alkanes of at least 4 members (excludes halogenated alkanes) is 29. The molecule has 0 aliphatic carbocycles. The zero-order valence-corrected chi connectivity index (χ0v) is 33.8. The van der Waals surface area contributed by atoms with Crippen molar-refractivity contribution in [1.29, 1.82) is 0 Å². The molecule has 1 amide bonds. The molecule has 7 heteroatoms. The lowest BCUT2D eigenvalue weighted by Gasteiger charge is -2.21. The van der Waals surface area contributed by atoms with Gasteiger partial charge < -0.3 is 10.4 Å². The van der Waals surface area contributed by atoms with Crippen LogP contribution in [0.1, 0.15) is 226 Å². The van der Waals surface area contributed by atoms with Crippen LogP contribution < -0.4 is 5.32 Å². The summed E-state index contributed by atoms with van der Waals surface area (Å²) in [5.41, 5.74) is 0. The van der Waals surface area contributed by atoms with E-state index in [-0.39, 0.29) is 5.91 Å². The molecule has 0 radical (unpaired) electrons. The lowest BCUT2D eigenvalue weighted by Crippen LogP contribution is -2.46. The lowest BCUT2D eigenvalue weighted by atomic mass is 10.0. The Morgan fingerprint density at radius 1 is 0.520 bits per heavy atom. The van der Waals surface area contributed by atoms with E-state index in [2.05, 4.69) is 31.3 Å². The Labute approximate surface area is 311 Å². The van der Waals surface area contributed by atoms with Crippen LogP contribution in [0.25, 0.3) is 0 Å². The summed E-state index contributed by atoms with van der Waals surface area (Å²) < 4.78 is 32.5. The number of aliphatic hydroxyl groups is 1. The van der Waals surface area contributed by atoms with Crippen LogP contribution in [0.2, 0.25) is 0 Å². The molecule has 0 aromatic carbocycles. The molecule has 0 bridgehead atoms. The van der Waals surface area contributed by atoms with Crippen LogP contribution in [0.5, 0.6) is 0 Å². The molecule has 296 valence electrons. The van der Waals surface area contributed by atoms with Gasteiger partial charge in [0.1, 0.15) is 0 Å². The molecule has 0 rings (SSSR count). The number of carbonyl (C=O) groups is 1. The highest BCUT2D eigenvalue weighted by Crippen LogP contribution is 2.15. The molecule has 0 aliphatic heterocycles. The SMILES string of the molecule is CCCCCCCCCCCCCC/C=C/CC/C=C/C(O)C(CS(=O)(=O)O)NC(=O)CCCCCCCCCCCCCCCCCCC. The summed E-state index contributed by atoms with van der Waals surface area (Å²) in [6, 6.07) is -1.07. The van der Waals surface area contributed by atoms with Crippen molar-refractivity contribution < 1.29 is 22.9 Å². The van der Waals surface area contributed by atoms with Crippen molar-refractivity contribution >= 4 is 16.0 Å². The molecular weight excluding hydrogens is 643 g/mol. The average Bonchev–Trinajstić information content (AvgIpc) is 3.08. The summed E-state index contributed by atoms with van der Waals surface area (Å²) in [5.74, 6) is -0.991. The molecule has 0 saturated heterocycles. The Balaban J connectivity index is 3.92. The highest BCUT2D eigenvalue weighted by Gasteiger charge is 2.24. The fourth-order valence-corrected chi connectivity index (χ4v) is 7.38. The molecule has 0 fully saturated rings. The Kier molecular flexibility index (Phi) is 36.7. The Hall–Kier alpha value is -1.18. The molecule has 2 unspecified atom stereocenters. The number of amides is 1. The maximum absolute atomic E-state index is 12.5. The molecule has 6 nitrogen and oxygen atoms in total. The van der Waals surface area contributed by atoms with Gasteiger partial charge in [-0.3, -0.25) is 9.35 Å². The van der Waals surface area contributed by atoms with E-state index in [1.807, 2.05) is 6.08 Å². The summed E-state index contributed by atoms with van der Waals surface area (Å²) in [6.45, 7) is 4.53. The minimum atomic E-state index is -4.35. The number of nitrogens with one attached hydrogen (secondary N) is 1. The number of rotatable bonds is 39. The minimum absolute atomic E-state index is 0.284. The molecule has 0 saturated carbocycles. The molecule has 50 heavy (non-hydrogen) atoms. The van der Waals surface area contributed by atoms with Crippen LogP contribution in [0, 0.1) is 0 Å². The molecule has 0 aromatic rings. The monoisotopic (exact) mass is 726 g/mol. The maximum atomic E-state index is 12.5. The third kappa shape index (κ3) is 38.1. The van der Waals surface area contributed by atoms with Crippen molar-refractivity contribution in [3.63, 3.8) is 0 Å². The van der Waals surface area contributed by atoms with Gasteiger partial charge in [0, 0.05) is 6.42 Å². The minimum Gasteiger partial charge on any atom is -0.387 e. The third-order valence-electron chi connectivity index (χ3n) is 9.88. The maximum Gasteiger partial charge on any atom is 0.267 e. The van der Waals surface area contributed by atoms with Gasteiger partial charge in [-0.1, -0.05) is 212 Å². The summed E-state index contributed by atoms with van der Waals surface area (Å²) in [4.78, 5) is 12.5. The van der Waals surface area contributed by atoms with Gasteiger partial charge in [-0.15, -0.1) is 0 Å². The first-order valence-corrected chi connectivity index (χ1v) is 23.1. The Morgan fingerprint density at radius 2 is 0.860 bits per heavy atom. The van der Waals surface area contributed by atoms with Crippen LogP contribution >= 0.6 is 0 Å². The predicted octanol–water partition coefficient (Wildman–Crippen LogP) is 12.7. The molecular formula is C43H83NO5S. The van der Waals surface area contributed by atoms with E-state index in [1.165, 1.54) is 173 Å². The van der Waals surface area contributed by atoms with Crippen LogP contribution in [0.4, 0.5) is 0 Å². The standard InChI is InChI=1S/C43H83NO5S/c1-3-5-7-9-11-13-15-17-19-21-23-24-26-28-30-32-34-36-38-42(45)41(40-50(47,48)49)44-43(46)39-37-35-33-31-29-27-25-22-20-18-16-14-12-10-8-6-4-2/h28,30,36,38,41-42,45H,3-27,29,31-35,37,39-40H2,1-2H3,(H,44,46)(H,47,48,49)/b30-28+,38-36+. The van der Waals surface area contributed by atoms with Gasteiger partial charge in [-0.05, 0) is 32.1 Å². The zero-order chi connectivity index (χ0) is 36.8. The molecule has 3 N–H and O–H groups in total. The van der Waals surface area contributed by atoms with Gasteiger partial charge in [-0.25, -0.2) is 0 Å². The molecule has 0 aliphatic rings. The van der Waals surface area contributed by atoms with Gasteiger partial charge in [-0.2, -0.15) is 8.42 Å². The van der Waals surface area contributed by atoms with Crippen LogP contribution in [0.15, 0.2) is 24.3 Å². The Morgan fingerprint density at radius 3 is 1.26 bits per heavy atom. The van der Waals surface area contributed by atoms with Gasteiger partial charge >= 0.3 is 0 Å². The van der Waals surface area contributed by atoms with Crippen molar-refractivity contribution in [3.05, 3.63) is 24.3 Å². The van der Waals surface area contributed by atoms with Crippen LogP contribution in [-0.4, -0.2) is 41.9 Å². The smallest absolute Gasteiger partial charge is 0.267 e. The first-order valence-electron chi connectivity index (χ1n) is 21.5. The fraction of sp³-hybridized carbons (Fsp3) is 0.884. The normalized spacial score (nSPS) is 13.4. The van der Waals surface area contributed by atoms with Crippen LogP contribution in [-0.2, 0) is 14.9 Å². The number of allylic oxidation sites excluding steroid dienone is 3. The first-order chi connectivity index (χ1) is 24.3. The lowest BCUT2D eigenvalue weighted by molar-refractivity contribution is -0.122. The van der Waals surface area contributed by atoms with Gasteiger partial charge in [0.15, 0.2) is 0 Å². The third-order valence-corrected chi connectivity index (χ3v) is 10.7. The van der Waals surface area contributed by atoms with E-state index in [1.54, 1.807) is 0 Å². The second-order valence-corrected chi connectivity index (χ2v) is 16.5. The fourth-order valence-electron chi connectivity index (χ4n) is 6.64. The summed E-state index contributed by atoms with van der Waals surface area (Å²) in [7, 11) is -4.35. The number of aliphatic hydroxyl groups excluding tert-OH is 1. The zero-order valence-electron chi connectivity index (χ0n) is 33.0. The second-order valence-electron chi connectivity index (χ2n) is 15.0. The van der Waals surface area contributed by atoms with E-state index in [0.29, 0.717) is 6.42 Å². The topological polar surface area (TPSA) is 104 Å². The molecule has 0 spiro atoms. The van der Waals surface area contributed by atoms with Crippen molar-refractivity contribution in [2.75, 3.05) is 5.75 Å². The van der Waals surface area contributed by atoms with E-state index < -0.39 is 28.0 Å². The molecule has 2 atom stereocenters. The highest BCUT2D eigenvalue weighted by atomic mass is 32.2. The van der Waals surface area contributed by atoms with Gasteiger partial charge in [0.05, 0.1) is 17.9 Å². The van der Waals surface area contributed by atoms with Crippen molar-refractivity contribution in [2.24, 2.45) is 0 Å². The number of carbonyl (C=O) groups excluding carboxylic acids is 1. The molecule has 0 aromatic heterocycles. The first kappa shape index (κ1) is 48.8. The highest BCUT2D eigenvalue weighted by molar-refractivity contribution is 7.85. The van der Waals surface area contributed by atoms with E-state index in [0.717, 1.165) is 38.5 Å². The average molecular weight is 726 g/mol. The summed E-state index contributed by atoms with van der Waals surface area (Å²) in [5, 5.41) is 13.2. The van der Waals surface area contributed by atoms with Gasteiger partial charge in [0.25, 0.3) is 10.1 Å². The number of hydrogen-bond acceptors (Lipinski definition) is 4. The van der Waals surface area contributed by atoms with E-state index in [4.69, 9.17) is 0 Å².